The van der Waals surface area contributed by atoms with Crippen molar-refractivity contribution in [2.45, 2.75) is 13.0 Å². The van der Waals surface area contributed by atoms with Gasteiger partial charge in [-0.3, -0.25) is 0 Å². The molecule has 0 aliphatic heterocycles. The molecule has 0 aliphatic rings. The van der Waals surface area contributed by atoms with E-state index in [0.717, 1.165) is 0 Å². The number of carboxylic acids is 1. The first-order valence-corrected chi connectivity index (χ1v) is 6.82. The second-order valence-electron chi connectivity index (χ2n) is 4.38. The Morgan fingerprint density at radius 3 is 2.65 bits per heavy atom. The van der Waals surface area contributed by atoms with Gasteiger partial charge in [-0.2, -0.15) is 0 Å². The van der Waals surface area contributed by atoms with E-state index in [1.807, 2.05) is 0 Å². The van der Waals surface area contributed by atoms with E-state index in [0.29, 0.717) is 15.7 Å². The monoisotopic (exact) mass is 337 g/mol. The Labute approximate surface area is 124 Å². The van der Waals surface area contributed by atoms with Crippen molar-refractivity contribution in [1.29, 1.82) is 0 Å². The second kappa shape index (κ2) is 6.05. The summed E-state index contributed by atoms with van der Waals surface area (Å²) in [5.74, 6) is -1.35. The zero-order valence-corrected chi connectivity index (χ0v) is 12.3. The lowest BCUT2D eigenvalue weighted by Crippen LogP contribution is -2.12. The summed E-state index contributed by atoms with van der Waals surface area (Å²) < 4.78 is 14.4. The maximum absolute atomic E-state index is 13.7. The molecule has 2 aromatic rings. The van der Waals surface area contributed by atoms with E-state index in [1.165, 1.54) is 12.1 Å². The fourth-order valence-electron chi connectivity index (χ4n) is 1.96. The second-order valence-corrected chi connectivity index (χ2v) is 5.30. The quantitative estimate of drug-likeness (QED) is 0.865. The van der Waals surface area contributed by atoms with Crippen LogP contribution in [0.1, 0.15) is 28.9 Å². The number of halogens is 2. The van der Waals surface area contributed by atoms with E-state index in [1.54, 1.807) is 37.3 Å². The number of nitrogens with one attached hydrogen (secondary N) is 1. The zero-order valence-electron chi connectivity index (χ0n) is 10.7. The fraction of sp³-hybridized carbons (Fsp3) is 0.133. The van der Waals surface area contributed by atoms with Gasteiger partial charge in [0.05, 0.1) is 11.6 Å². The number of benzene rings is 2. The number of hydrogen-bond acceptors (Lipinski definition) is 2. The van der Waals surface area contributed by atoms with Gasteiger partial charge in [0.25, 0.3) is 0 Å². The summed E-state index contributed by atoms with van der Waals surface area (Å²) in [5, 5.41) is 12.2. The normalized spacial score (nSPS) is 11.9. The van der Waals surface area contributed by atoms with E-state index in [9.17, 15) is 14.3 Å². The highest BCUT2D eigenvalue weighted by Crippen LogP contribution is 2.26. The largest absolute Gasteiger partial charge is 0.478 e. The van der Waals surface area contributed by atoms with Gasteiger partial charge in [-0.25, -0.2) is 9.18 Å². The molecule has 0 bridgehead atoms. The van der Waals surface area contributed by atoms with Crippen molar-refractivity contribution in [2.75, 3.05) is 5.32 Å². The van der Waals surface area contributed by atoms with Gasteiger partial charge < -0.3 is 10.4 Å². The number of aromatic carboxylic acids is 1. The molecule has 2 rings (SSSR count). The average molecular weight is 338 g/mol. The summed E-state index contributed by atoms with van der Waals surface area (Å²) in [6.07, 6.45) is 0. The summed E-state index contributed by atoms with van der Waals surface area (Å²) in [4.78, 5) is 11.2. The highest BCUT2D eigenvalue weighted by Gasteiger charge is 2.15. The maximum atomic E-state index is 13.7. The van der Waals surface area contributed by atoms with Crippen LogP contribution in [0.3, 0.4) is 0 Å². The van der Waals surface area contributed by atoms with E-state index >= 15 is 0 Å². The van der Waals surface area contributed by atoms with Crippen molar-refractivity contribution in [2.24, 2.45) is 0 Å². The Balaban J connectivity index is 2.31. The summed E-state index contributed by atoms with van der Waals surface area (Å²) in [5.41, 5.74) is 1.09. The summed E-state index contributed by atoms with van der Waals surface area (Å²) in [7, 11) is 0. The van der Waals surface area contributed by atoms with E-state index < -0.39 is 5.97 Å². The van der Waals surface area contributed by atoms with Gasteiger partial charge >= 0.3 is 5.97 Å². The molecule has 0 saturated carbocycles. The first-order valence-electron chi connectivity index (χ1n) is 6.03. The third-order valence-electron chi connectivity index (χ3n) is 2.96. The molecule has 0 saturated heterocycles. The van der Waals surface area contributed by atoms with Crippen molar-refractivity contribution in [3.05, 3.63) is 63.9 Å². The van der Waals surface area contributed by atoms with Gasteiger partial charge in [0.15, 0.2) is 0 Å². The lowest BCUT2D eigenvalue weighted by Gasteiger charge is -2.18. The van der Waals surface area contributed by atoms with Gasteiger partial charge in [-0.05, 0) is 31.2 Å². The Bertz CT molecular complexity index is 646. The summed E-state index contributed by atoms with van der Waals surface area (Å²) in [6, 6.07) is 11.0. The summed E-state index contributed by atoms with van der Waals surface area (Å²) in [6.45, 7) is 1.78. The van der Waals surface area contributed by atoms with Crippen LogP contribution in [-0.4, -0.2) is 11.1 Å². The number of carbonyl (C=O) groups is 1. The van der Waals surface area contributed by atoms with Gasteiger partial charge in [0, 0.05) is 15.7 Å². The van der Waals surface area contributed by atoms with Crippen LogP contribution in [0.2, 0.25) is 0 Å². The van der Waals surface area contributed by atoms with Gasteiger partial charge in [-0.15, -0.1) is 0 Å². The molecular weight excluding hydrogens is 325 g/mol. The van der Waals surface area contributed by atoms with Crippen LogP contribution < -0.4 is 5.32 Å². The Morgan fingerprint density at radius 2 is 2.00 bits per heavy atom. The fourth-order valence-corrected chi connectivity index (χ4v) is 2.32. The number of hydrogen-bond donors (Lipinski definition) is 2. The average Bonchev–Trinajstić information content (AvgIpc) is 2.41. The van der Waals surface area contributed by atoms with E-state index in [-0.39, 0.29) is 17.4 Å². The molecule has 2 aromatic carbocycles. The first-order chi connectivity index (χ1) is 9.49. The number of anilines is 1. The summed E-state index contributed by atoms with van der Waals surface area (Å²) >= 11 is 3.24. The molecule has 0 heterocycles. The first kappa shape index (κ1) is 14.5. The van der Waals surface area contributed by atoms with Crippen molar-refractivity contribution in [1.82, 2.24) is 0 Å². The molecular formula is C15H13BrFNO2. The molecule has 0 aromatic heterocycles. The van der Waals surface area contributed by atoms with Gasteiger partial charge in [0.2, 0.25) is 0 Å². The predicted molar refractivity (Wildman–Crippen MR) is 79.5 cm³/mol. The van der Waals surface area contributed by atoms with E-state index in [2.05, 4.69) is 21.2 Å². The molecule has 5 heteroatoms. The van der Waals surface area contributed by atoms with Crippen molar-refractivity contribution in [3.8, 4) is 0 Å². The van der Waals surface area contributed by atoms with Crippen molar-refractivity contribution >= 4 is 27.6 Å². The van der Waals surface area contributed by atoms with E-state index in [4.69, 9.17) is 0 Å². The third-order valence-corrected chi connectivity index (χ3v) is 3.45. The lowest BCUT2D eigenvalue weighted by molar-refractivity contribution is 0.0698. The minimum Gasteiger partial charge on any atom is -0.478 e. The van der Waals surface area contributed by atoms with Crippen LogP contribution in [0.25, 0.3) is 0 Å². The molecule has 0 spiro atoms. The molecule has 0 amide bonds. The third kappa shape index (κ3) is 3.17. The van der Waals surface area contributed by atoms with Crippen LogP contribution in [0.5, 0.6) is 0 Å². The highest BCUT2D eigenvalue weighted by molar-refractivity contribution is 9.10. The zero-order chi connectivity index (χ0) is 14.7. The number of carboxylic acid groups (broad SMARTS) is 1. The minimum absolute atomic E-state index is 0.141. The molecule has 2 N–H and O–H groups in total. The van der Waals surface area contributed by atoms with Crippen LogP contribution in [0.15, 0.2) is 46.9 Å². The van der Waals surface area contributed by atoms with Crippen LogP contribution in [0.4, 0.5) is 10.1 Å². The Morgan fingerprint density at radius 1 is 1.30 bits per heavy atom. The molecule has 20 heavy (non-hydrogen) atoms. The van der Waals surface area contributed by atoms with Crippen LogP contribution in [0, 0.1) is 5.82 Å². The standard InChI is InChI=1S/C15H13BrFNO2/c1-9(11-4-2-3-5-13(11)17)18-14-7-6-10(16)8-12(14)15(19)20/h2-9,18H,1H3,(H,19,20). The Hall–Kier alpha value is -1.88. The molecule has 1 atom stereocenters. The highest BCUT2D eigenvalue weighted by atomic mass is 79.9. The molecule has 3 nitrogen and oxygen atoms in total. The SMILES string of the molecule is CC(Nc1ccc(Br)cc1C(=O)O)c1ccccc1F. The predicted octanol–water partition coefficient (Wildman–Crippen LogP) is 4.46. The van der Waals surface area contributed by atoms with Crippen molar-refractivity contribution < 1.29 is 14.3 Å². The van der Waals surface area contributed by atoms with Gasteiger partial charge in [-0.1, -0.05) is 34.1 Å². The maximum Gasteiger partial charge on any atom is 0.337 e. The van der Waals surface area contributed by atoms with Crippen molar-refractivity contribution in [3.63, 3.8) is 0 Å². The van der Waals surface area contributed by atoms with Crippen LogP contribution >= 0.6 is 15.9 Å². The molecule has 104 valence electrons. The molecule has 0 radical (unpaired) electrons. The van der Waals surface area contributed by atoms with Gasteiger partial charge in [0.1, 0.15) is 5.82 Å². The minimum atomic E-state index is -1.03. The molecule has 0 aliphatic carbocycles. The Kier molecular flexibility index (Phi) is 4.39. The van der Waals surface area contributed by atoms with Crippen LogP contribution in [-0.2, 0) is 0 Å². The topological polar surface area (TPSA) is 49.3 Å². The number of rotatable bonds is 4. The molecule has 0 fully saturated rings. The molecule has 1 unspecified atom stereocenters. The lowest BCUT2D eigenvalue weighted by atomic mass is 10.1. The smallest absolute Gasteiger partial charge is 0.337 e.